The fourth-order valence-corrected chi connectivity index (χ4v) is 3.56. The standard InChI is InChI=1S/C26H24N2O6/c1-31-20-11-9-19(10-12-20)22-16-23(24-7-4-14-33-24)28(27-22)25(29)17-34-26(30)13-8-18-5-3-6-21(15-18)32-2/h3-15,23H,16-17H2,1-2H3/b13-8+. The maximum absolute atomic E-state index is 12.9. The zero-order valence-electron chi connectivity index (χ0n) is 18.8. The summed E-state index contributed by atoms with van der Waals surface area (Å²) in [7, 11) is 3.17. The molecule has 2 aromatic carbocycles. The first-order valence-corrected chi connectivity index (χ1v) is 10.6. The minimum absolute atomic E-state index is 0.425. The van der Waals surface area contributed by atoms with Gasteiger partial charge in [-0.2, -0.15) is 5.10 Å². The minimum Gasteiger partial charge on any atom is -0.497 e. The van der Waals surface area contributed by atoms with Crippen LogP contribution in [0, 0.1) is 0 Å². The van der Waals surface area contributed by atoms with Crippen molar-refractivity contribution in [1.82, 2.24) is 5.01 Å². The van der Waals surface area contributed by atoms with Gasteiger partial charge in [0, 0.05) is 12.5 Å². The van der Waals surface area contributed by atoms with Crippen LogP contribution in [0.3, 0.4) is 0 Å². The van der Waals surface area contributed by atoms with Gasteiger partial charge < -0.3 is 18.6 Å². The average molecular weight is 460 g/mol. The van der Waals surface area contributed by atoms with Crippen molar-refractivity contribution >= 4 is 23.7 Å². The van der Waals surface area contributed by atoms with Crippen LogP contribution in [0.25, 0.3) is 6.08 Å². The number of carbonyl (C=O) groups is 2. The average Bonchev–Trinajstić information content (AvgIpc) is 3.56. The highest BCUT2D eigenvalue weighted by Crippen LogP contribution is 2.33. The van der Waals surface area contributed by atoms with Crippen molar-refractivity contribution in [2.24, 2.45) is 5.10 Å². The Kier molecular flexibility index (Phi) is 7.07. The highest BCUT2D eigenvalue weighted by Gasteiger charge is 2.35. The van der Waals surface area contributed by atoms with Gasteiger partial charge in [0.1, 0.15) is 23.3 Å². The van der Waals surface area contributed by atoms with Crippen molar-refractivity contribution in [2.45, 2.75) is 12.5 Å². The number of hydrogen-bond acceptors (Lipinski definition) is 7. The smallest absolute Gasteiger partial charge is 0.331 e. The van der Waals surface area contributed by atoms with Crippen LogP contribution < -0.4 is 9.47 Å². The quantitative estimate of drug-likeness (QED) is 0.369. The lowest BCUT2D eigenvalue weighted by atomic mass is 10.0. The van der Waals surface area contributed by atoms with E-state index in [0.717, 1.165) is 22.6 Å². The van der Waals surface area contributed by atoms with Crippen LogP contribution in [0.1, 0.15) is 29.3 Å². The number of methoxy groups -OCH3 is 2. The molecule has 1 atom stereocenters. The fraction of sp³-hybridized carbons (Fsp3) is 0.192. The molecule has 1 aliphatic rings. The lowest BCUT2D eigenvalue weighted by molar-refractivity contribution is -0.149. The van der Waals surface area contributed by atoms with Gasteiger partial charge in [-0.3, -0.25) is 4.79 Å². The molecule has 4 rings (SSSR count). The van der Waals surface area contributed by atoms with E-state index in [0.29, 0.717) is 17.9 Å². The highest BCUT2D eigenvalue weighted by molar-refractivity contribution is 6.03. The number of nitrogens with zero attached hydrogens (tertiary/aromatic N) is 2. The first-order chi connectivity index (χ1) is 16.6. The van der Waals surface area contributed by atoms with E-state index in [1.54, 1.807) is 50.8 Å². The van der Waals surface area contributed by atoms with Crippen molar-refractivity contribution in [3.63, 3.8) is 0 Å². The fourth-order valence-electron chi connectivity index (χ4n) is 3.56. The Morgan fingerprint density at radius 1 is 1.06 bits per heavy atom. The number of ether oxygens (including phenoxy) is 3. The van der Waals surface area contributed by atoms with Crippen LogP contribution >= 0.6 is 0 Å². The van der Waals surface area contributed by atoms with E-state index in [1.807, 2.05) is 36.4 Å². The molecule has 8 heteroatoms. The van der Waals surface area contributed by atoms with E-state index in [9.17, 15) is 9.59 Å². The van der Waals surface area contributed by atoms with E-state index in [4.69, 9.17) is 18.6 Å². The third kappa shape index (κ3) is 5.35. The molecule has 0 radical (unpaired) electrons. The Morgan fingerprint density at radius 3 is 2.56 bits per heavy atom. The summed E-state index contributed by atoms with van der Waals surface area (Å²) in [6.45, 7) is -0.447. The Hall–Kier alpha value is -4.33. The number of amides is 1. The predicted molar refractivity (Wildman–Crippen MR) is 125 cm³/mol. The molecule has 2 heterocycles. The molecule has 1 amide bonds. The van der Waals surface area contributed by atoms with Gasteiger partial charge >= 0.3 is 5.97 Å². The molecule has 34 heavy (non-hydrogen) atoms. The molecule has 0 saturated carbocycles. The number of hydrazone groups is 1. The van der Waals surface area contributed by atoms with Gasteiger partial charge in [0.2, 0.25) is 0 Å². The second kappa shape index (κ2) is 10.5. The third-order valence-electron chi connectivity index (χ3n) is 5.30. The number of benzene rings is 2. The molecule has 0 spiro atoms. The summed E-state index contributed by atoms with van der Waals surface area (Å²) in [6, 6.07) is 17.8. The Labute approximate surface area is 197 Å². The molecule has 0 N–H and O–H groups in total. The number of hydrogen-bond donors (Lipinski definition) is 0. The monoisotopic (exact) mass is 460 g/mol. The summed E-state index contributed by atoms with van der Waals surface area (Å²) >= 11 is 0. The van der Waals surface area contributed by atoms with Crippen LogP contribution in [-0.4, -0.2) is 43.4 Å². The summed E-state index contributed by atoms with van der Waals surface area (Å²) in [5, 5.41) is 5.84. The largest absolute Gasteiger partial charge is 0.497 e. The van der Waals surface area contributed by atoms with Crippen LogP contribution in [0.15, 0.2) is 82.5 Å². The van der Waals surface area contributed by atoms with Gasteiger partial charge in [-0.05, 0) is 65.7 Å². The second-order valence-corrected chi connectivity index (χ2v) is 7.47. The van der Waals surface area contributed by atoms with E-state index in [-0.39, 0.29) is 0 Å². The molecule has 0 fully saturated rings. The molecule has 174 valence electrons. The Morgan fingerprint density at radius 2 is 1.85 bits per heavy atom. The van der Waals surface area contributed by atoms with Crippen LogP contribution in [-0.2, 0) is 14.3 Å². The van der Waals surface area contributed by atoms with Gasteiger partial charge in [0.25, 0.3) is 5.91 Å². The summed E-state index contributed by atoms with van der Waals surface area (Å²) in [6.07, 6.45) is 4.88. The van der Waals surface area contributed by atoms with Crippen molar-refractivity contribution in [3.05, 3.63) is 89.9 Å². The topological polar surface area (TPSA) is 90.6 Å². The second-order valence-electron chi connectivity index (χ2n) is 7.47. The van der Waals surface area contributed by atoms with Gasteiger partial charge in [-0.1, -0.05) is 12.1 Å². The number of esters is 1. The summed E-state index contributed by atoms with van der Waals surface area (Å²) < 4.78 is 21.1. The lowest BCUT2D eigenvalue weighted by Gasteiger charge is -2.19. The molecule has 3 aromatic rings. The van der Waals surface area contributed by atoms with Crippen LogP contribution in [0.2, 0.25) is 0 Å². The van der Waals surface area contributed by atoms with Gasteiger partial charge in [0.05, 0.1) is 26.2 Å². The molecular formula is C26H24N2O6. The molecule has 1 aliphatic heterocycles. The van der Waals surface area contributed by atoms with Crippen molar-refractivity contribution < 1.29 is 28.2 Å². The minimum atomic E-state index is -0.635. The summed E-state index contributed by atoms with van der Waals surface area (Å²) in [5.41, 5.74) is 2.36. The van der Waals surface area contributed by atoms with E-state index in [1.165, 1.54) is 11.1 Å². The third-order valence-corrected chi connectivity index (χ3v) is 5.30. The summed E-state index contributed by atoms with van der Waals surface area (Å²) in [4.78, 5) is 25.1. The van der Waals surface area contributed by atoms with Crippen molar-refractivity contribution in [3.8, 4) is 11.5 Å². The molecular weight excluding hydrogens is 436 g/mol. The van der Waals surface area contributed by atoms with Crippen molar-refractivity contribution in [1.29, 1.82) is 0 Å². The zero-order valence-corrected chi connectivity index (χ0v) is 18.8. The van der Waals surface area contributed by atoms with Crippen molar-refractivity contribution in [2.75, 3.05) is 20.8 Å². The molecule has 8 nitrogen and oxygen atoms in total. The predicted octanol–water partition coefficient (Wildman–Crippen LogP) is 4.23. The molecule has 0 saturated heterocycles. The molecule has 0 bridgehead atoms. The molecule has 0 aliphatic carbocycles. The van der Waals surface area contributed by atoms with Crippen LogP contribution in [0.5, 0.6) is 11.5 Å². The summed E-state index contributed by atoms with van der Waals surface area (Å²) in [5.74, 6) is 0.920. The maximum Gasteiger partial charge on any atom is 0.331 e. The maximum atomic E-state index is 12.9. The first-order valence-electron chi connectivity index (χ1n) is 10.6. The van der Waals surface area contributed by atoms with Crippen LogP contribution in [0.4, 0.5) is 0 Å². The lowest BCUT2D eigenvalue weighted by Crippen LogP contribution is -2.31. The van der Waals surface area contributed by atoms with Gasteiger partial charge in [0.15, 0.2) is 6.61 Å². The van der Waals surface area contributed by atoms with E-state index >= 15 is 0 Å². The number of furan rings is 1. The Bertz CT molecular complexity index is 1200. The first kappa shape index (κ1) is 22.8. The van der Waals surface area contributed by atoms with Gasteiger partial charge in [-0.15, -0.1) is 0 Å². The highest BCUT2D eigenvalue weighted by atomic mass is 16.5. The molecule has 1 aromatic heterocycles. The number of rotatable bonds is 8. The SMILES string of the molecule is COc1ccc(C2=NN(C(=O)COC(=O)/C=C/c3cccc(OC)c3)C(c3ccco3)C2)cc1. The molecule has 1 unspecified atom stereocenters. The van der Waals surface area contributed by atoms with Gasteiger partial charge in [-0.25, -0.2) is 9.80 Å². The number of carbonyl (C=O) groups excluding carboxylic acids is 2. The Balaban J connectivity index is 1.43. The zero-order chi connectivity index (χ0) is 23.9. The van der Waals surface area contributed by atoms with E-state index < -0.39 is 24.5 Å². The normalized spacial score (nSPS) is 15.3. The van der Waals surface area contributed by atoms with E-state index in [2.05, 4.69) is 5.10 Å².